The van der Waals surface area contributed by atoms with Crippen LogP contribution in [0.3, 0.4) is 0 Å². The molecule has 1 atom stereocenters. The number of nitrogens with zero attached hydrogens (tertiary/aromatic N) is 4. The average Bonchev–Trinajstić information content (AvgIpc) is 3.07. The molecule has 1 amide bonds. The van der Waals surface area contributed by atoms with Gasteiger partial charge in [-0.25, -0.2) is 9.98 Å². The van der Waals surface area contributed by atoms with Crippen LogP contribution < -0.4 is 20.4 Å². The van der Waals surface area contributed by atoms with Gasteiger partial charge in [-0.1, -0.05) is 24.3 Å². The molecule has 1 unspecified atom stereocenters. The van der Waals surface area contributed by atoms with Gasteiger partial charge in [0.2, 0.25) is 5.91 Å². The Morgan fingerprint density at radius 2 is 2.00 bits per heavy atom. The van der Waals surface area contributed by atoms with Gasteiger partial charge in [0.05, 0.1) is 12.6 Å². The van der Waals surface area contributed by atoms with Crippen LogP contribution in [0.1, 0.15) is 18.9 Å². The molecule has 1 aromatic carbocycles. The molecular weight excluding hydrogens is 479 g/mol. The van der Waals surface area contributed by atoms with Crippen LogP contribution in [-0.2, 0) is 11.3 Å². The van der Waals surface area contributed by atoms with E-state index in [9.17, 15) is 4.79 Å². The highest BCUT2D eigenvalue weighted by atomic mass is 127. The third-order valence-electron chi connectivity index (χ3n) is 4.58. The molecule has 1 aliphatic rings. The molecule has 2 heterocycles. The topological polar surface area (TPSA) is 72.9 Å². The van der Waals surface area contributed by atoms with Crippen molar-refractivity contribution in [2.75, 3.05) is 37.0 Å². The Hall–Kier alpha value is -2.36. The van der Waals surface area contributed by atoms with Crippen LogP contribution in [0.5, 0.6) is 0 Å². The second-order valence-electron chi connectivity index (χ2n) is 6.96. The molecule has 0 saturated carbocycles. The monoisotopic (exact) mass is 508 g/mol. The highest BCUT2D eigenvalue weighted by Crippen LogP contribution is 2.21. The van der Waals surface area contributed by atoms with Crippen molar-refractivity contribution in [2.45, 2.75) is 25.9 Å². The second-order valence-corrected chi connectivity index (χ2v) is 6.96. The van der Waals surface area contributed by atoms with Crippen LogP contribution in [0.15, 0.2) is 53.7 Å². The molecule has 1 fully saturated rings. The summed E-state index contributed by atoms with van der Waals surface area (Å²) in [5.74, 6) is 1.75. The van der Waals surface area contributed by atoms with Gasteiger partial charge in [-0.05, 0) is 25.1 Å². The van der Waals surface area contributed by atoms with E-state index >= 15 is 0 Å². The molecule has 0 spiro atoms. The van der Waals surface area contributed by atoms with E-state index in [1.807, 2.05) is 73.3 Å². The van der Waals surface area contributed by atoms with E-state index in [1.165, 1.54) is 0 Å². The fourth-order valence-corrected chi connectivity index (χ4v) is 3.30. The Balaban J connectivity index is 0.00000300. The molecule has 1 aliphatic heterocycles. The predicted octanol–water partition coefficient (Wildman–Crippen LogP) is 2.63. The summed E-state index contributed by atoms with van der Waals surface area (Å²) >= 11 is 0. The number of amides is 1. The average molecular weight is 508 g/mol. The number of carbonyl (C=O) groups is 1. The number of benzene rings is 1. The number of pyridine rings is 1. The van der Waals surface area contributed by atoms with Crippen molar-refractivity contribution in [1.82, 2.24) is 15.6 Å². The number of guanidine groups is 1. The Labute approximate surface area is 189 Å². The van der Waals surface area contributed by atoms with Crippen LogP contribution in [-0.4, -0.2) is 50.1 Å². The highest BCUT2D eigenvalue weighted by Gasteiger charge is 2.31. The molecule has 0 radical (unpaired) electrons. The zero-order chi connectivity index (χ0) is 19.9. The molecule has 7 nitrogen and oxygen atoms in total. The number of hydrogen-bond acceptors (Lipinski definition) is 4. The summed E-state index contributed by atoms with van der Waals surface area (Å²) < 4.78 is 0. The minimum atomic E-state index is 0. The van der Waals surface area contributed by atoms with E-state index in [0.29, 0.717) is 25.5 Å². The maximum absolute atomic E-state index is 12.4. The number of hydrogen-bond donors (Lipinski definition) is 2. The number of halogens is 1. The van der Waals surface area contributed by atoms with Crippen molar-refractivity contribution in [1.29, 1.82) is 0 Å². The number of aromatic nitrogens is 1. The van der Waals surface area contributed by atoms with Crippen LogP contribution >= 0.6 is 24.0 Å². The van der Waals surface area contributed by atoms with Crippen molar-refractivity contribution >= 4 is 47.3 Å². The van der Waals surface area contributed by atoms with Gasteiger partial charge in [0.1, 0.15) is 5.82 Å². The van der Waals surface area contributed by atoms with E-state index in [1.54, 1.807) is 6.20 Å². The van der Waals surface area contributed by atoms with E-state index in [-0.39, 0.29) is 35.9 Å². The third kappa shape index (κ3) is 6.06. The van der Waals surface area contributed by atoms with Crippen molar-refractivity contribution in [2.24, 2.45) is 4.99 Å². The number of carbonyl (C=O) groups excluding carboxylic acids is 1. The molecular formula is C21H29IN6O. The van der Waals surface area contributed by atoms with E-state index in [4.69, 9.17) is 4.99 Å². The SMILES string of the molecule is CCNC(=NCc1cccnc1N(C)C)NC1CC(=O)N(c2ccccc2)C1.I. The number of para-hydroxylation sites is 1. The zero-order valence-corrected chi connectivity index (χ0v) is 19.5. The summed E-state index contributed by atoms with van der Waals surface area (Å²) in [6, 6.07) is 13.8. The van der Waals surface area contributed by atoms with Gasteiger partial charge in [-0.2, -0.15) is 0 Å². The zero-order valence-electron chi connectivity index (χ0n) is 17.1. The molecule has 1 aromatic heterocycles. The van der Waals surface area contributed by atoms with Gasteiger partial charge in [0.25, 0.3) is 0 Å². The van der Waals surface area contributed by atoms with Crippen molar-refractivity contribution < 1.29 is 4.79 Å². The maximum atomic E-state index is 12.4. The lowest BCUT2D eigenvalue weighted by Gasteiger charge is -2.19. The van der Waals surface area contributed by atoms with E-state index in [2.05, 4.69) is 15.6 Å². The summed E-state index contributed by atoms with van der Waals surface area (Å²) in [6.45, 7) is 3.92. The molecule has 2 N–H and O–H groups in total. The summed E-state index contributed by atoms with van der Waals surface area (Å²) in [5, 5.41) is 6.68. The Morgan fingerprint density at radius 1 is 1.24 bits per heavy atom. The highest BCUT2D eigenvalue weighted by molar-refractivity contribution is 14.0. The first-order valence-corrected chi connectivity index (χ1v) is 9.60. The first kappa shape index (κ1) is 22.9. The fourth-order valence-electron chi connectivity index (χ4n) is 3.30. The summed E-state index contributed by atoms with van der Waals surface area (Å²) in [6.07, 6.45) is 2.24. The lowest BCUT2D eigenvalue weighted by molar-refractivity contribution is -0.117. The van der Waals surface area contributed by atoms with E-state index in [0.717, 1.165) is 23.6 Å². The molecule has 156 valence electrons. The van der Waals surface area contributed by atoms with Gasteiger partial charge < -0.3 is 20.4 Å². The molecule has 8 heteroatoms. The first-order chi connectivity index (χ1) is 13.6. The first-order valence-electron chi connectivity index (χ1n) is 9.60. The minimum absolute atomic E-state index is 0. The number of rotatable bonds is 6. The van der Waals surface area contributed by atoms with Gasteiger partial charge in [-0.3, -0.25) is 4.79 Å². The maximum Gasteiger partial charge on any atom is 0.229 e. The lowest BCUT2D eigenvalue weighted by atomic mass is 10.2. The van der Waals surface area contributed by atoms with Gasteiger partial charge >= 0.3 is 0 Å². The van der Waals surface area contributed by atoms with Crippen LogP contribution in [0, 0.1) is 0 Å². The molecule has 29 heavy (non-hydrogen) atoms. The van der Waals surface area contributed by atoms with Gasteiger partial charge in [0.15, 0.2) is 5.96 Å². The minimum Gasteiger partial charge on any atom is -0.362 e. The van der Waals surface area contributed by atoms with Gasteiger partial charge in [-0.15, -0.1) is 24.0 Å². The summed E-state index contributed by atoms with van der Waals surface area (Å²) in [7, 11) is 3.95. The molecule has 0 bridgehead atoms. The Kier molecular flexibility index (Phi) is 8.69. The quantitative estimate of drug-likeness (QED) is 0.357. The molecule has 2 aromatic rings. The Morgan fingerprint density at radius 3 is 2.69 bits per heavy atom. The van der Waals surface area contributed by atoms with Gasteiger partial charge in [0, 0.05) is 51.1 Å². The molecule has 1 saturated heterocycles. The van der Waals surface area contributed by atoms with E-state index < -0.39 is 0 Å². The van der Waals surface area contributed by atoms with Crippen molar-refractivity contribution in [3.05, 3.63) is 54.2 Å². The van der Waals surface area contributed by atoms with Crippen molar-refractivity contribution in [3.63, 3.8) is 0 Å². The summed E-state index contributed by atoms with van der Waals surface area (Å²) in [5.41, 5.74) is 1.99. The molecule has 0 aliphatic carbocycles. The Bertz CT molecular complexity index is 827. The largest absolute Gasteiger partial charge is 0.362 e. The standard InChI is InChI=1S/C21H28N6O.HI/c1-4-22-21(24-14-16-9-8-12-23-20(16)26(2)3)25-17-13-19(28)27(15-17)18-10-6-5-7-11-18;/h5-12,17H,4,13-15H2,1-3H3,(H2,22,24,25);1H. The summed E-state index contributed by atoms with van der Waals surface area (Å²) in [4.78, 5) is 25.4. The predicted molar refractivity (Wildman–Crippen MR) is 129 cm³/mol. The van der Waals surface area contributed by atoms with Crippen molar-refractivity contribution in [3.8, 4) is 0 Å². The smallest absolute Gasteiger partial charge is 0.229 e. The van der Waals surface area contributed by atoms with Crippen LogP contribution in [0.2, 0.25) is 0 Å². The normalized spacial score (nSPS) is 16.4. The third-order valence-corrected chi connectivity index (χ3v) is 4.58. The number of nitrogens with one attached hydrogen (secondary N) is 2. The number of aliphatic imine (C=N–C) groups is 1. The fraction of sp³-hybridized carbons (Fsp3) is 0.381. The number of anilines is 2. The second kappa shape index (κ2) is 11.0. The van der Waals surface area contributed by atoms with Crippen LogP contribution in [0.4, 0.5) is 11.5 Å². The lowest BCUT2D eigenvalue weighted by Crippen LogP contribution is -2.44. The molecule has 3 rings (SSSR count). The van der Waals surface area contributed by atoms with Crippen LogP contribution in [0.25, 0.3) is 0 Å².